The number of esters is 1. The molecular weight excluding hydrogens is 288 g/mol. The van der Waals surface area contributed by atoms with Gasteiger partial charge in [-0.1, -0.05) is 0 Å². The zero-order valence-corrected chi connectivity index (χ0v) is 10.6. The number of fused-ring (bicyclic) bond motifs is 1. The predicted molar refractivity (Wildman–Crippen MR) is 56.4 cm³/mol. The van der Waals surface area contributed by atoms with Crippen molar-refractivity contribution < 1.29 is 35.6 Å². The van der Waals surface area contributed by atoms with E-state index in [0.29, 0.717) is 0 Å². The highest BCUT2D eigenvalue weighted by Crippen LogP contribution is 2.47. The van der Waals surface area contributed by atoms with Crippen LogP contribution < -0.4 is 0 Å². The van der Waals surface area contributed by atoms with Crippen LogP contribution in [0, 0.1) is 0 Å². The number of rotatable bonds is 3. The number of carbonyl (C=O) groups is 1. The average molecular weight is 298 g/mol. The molecule has 10 heteroatoms. The van der Waals surface area contributed by atoms with Crippen molar-refractivity contribution in [1.82, 2.24) is 0 Å². The van der Waals surface area contributed by atoms with E-state index in [1.165, 1.54) is 0 Å². The SMILES string of the molecule is O=C(CS(=O)O)OC1C2CC3C(O2)C1OS3(=O)=O. The lowest BCUT2D eigenvalue weighted by Crippen LogP contribution is -2.42. The van der Waals surface area contributed by atoms with Crippen LogP contribution in [0.15, 0.2) is 0 Å². The summed E-state index contributed by atoms with van der Waals surface area (Å²) in [6.45, 7) is 0. The highest BCUT2D eigenvalue weighted by atomic mass is 32.2. The third-order valence-corrected chi connectivity index (χ3v) is 5.48. The molecule has 6 unspecified atom stereocenters. The quantitative estimate of drug-likeness (QED) is 0.376. The number of carbonyl (C=O) groups excluding carboxylic acids is 1. The fraction of sp³-hybridized carbons (Fsp3) is 0.875. The molecule has 102 valence electrons. The van der Waals surface area contributed by atoms with Crippen LogP contribution in [0.4, 0.5) is 0 Å². The van der Waals surface area contributed by atoms with Gasteiger partial charge in [-0.05, 0) is 6.42 Å². The van der Waals surface area contributed by atoms with Crippen LogP contribution in [0.5, 0.6) is 0 Å². The summed E-state index contributed by atoms with van der Waals surface area (Å²) in [6.07, 6.45) is -2.53. The first-order valence-electron chi connectivity index (χ1n) is 5.23. The van der Waals surface area contributed by atoms with Gasteiger partial charge in [0.15, 0.2) is 17.2 Å². The Hall–Kier alpha value is -0.550. The van der Waals surface area contributed by atoms with Gasteiger partial charge in [0, 0.05) is 0 Å². The predicted octanol–water partition coefficient (Wildman–Crippen LogP) is -1.61. The zero-order chi connectivity index (χ0) is 13.1. The first-order valence-corrected chi connectivity index (χ1v) is 7.98. The van der Waals surface area contributed by atoms with E-state index in [0.717, 1.165) is 0 Å². The fourth-order valence-corrected chi connectivity index (χ4v) is 4.57. The molecule has 0 aliphatic carbocycles. The molecule has 8 nitrogen and oxygen atoms in total. The fourth-order valence-electron chi connectivity index (χ4n) is 2.65. The van der Waals surface area contributed by atoms with Gasteiger partial charge in [0.25, 0.3) is 10.1 Å². The monoisotopic (exact) mass is 298 g/mol. The Balaban J connectivity index is 1.74. The molecule has 3 saturated heterocycles. The number of hydrogen-bond donors (Lipinski definition) is 1. The van der Waals surface area contributed by atoms with Gasteiger partial charge in [0.2, 0.25) is 0 Å². The molecule has 1 N–H and O–H groups in total. The van der Waals surface area contributed by atoms with Gasteiger partial charge >= 0.3 is 5.97 Å². The molecule has 3 aliphatic rings. The standard InChI is InChI=1S/C8H10O8S2/c9-5(2-17(10)11)15-6-3-1-4-7(14-3)8(6)16-18(4,12)13/h3-4,6-8H,1-2H2,(H,10,11). The molecule has 3 heterocycles. The van der Waals surface area contributed by atoms with E-state index < -0.39 is 62.6 Å². The summed E-state index contributed by atoms with van der Waals surface area (Å²) in [5.41, 5.74) is 0. The number of hydrogen-bond acceptors (Lipinski definition) is 7. The maximum absolute atomic E-state index is 11.6. The van der Waals surface area contributed by atoms with Gasteiger partial charge in [0.05, 0.1) is 6.10 Å². The summed E-state index contributed by atoms with van der Waals surface area (Å²) >= 11 is -2.29. The molecule has 0 aromatic rings. The Labute approximate surface area is 105 Å². The first kappa shape index (κ1) is 12.5. The van der Waals surface area contributed by atoms with Gasteiger partial charge in [-0.15, -0.1) is 0 Å². The highest BCUT2D eigenvalue weighted by Gasteiger charge is 2.67. The largest absolute Gasteiger partial charge is 0.456 e. The summed E-state index contributed by atoms with van der Waals surface area (Å²) in [5, 5.41) is -0.686. The second-order valence-electron chi connectivity index (χ2n) is 4.39. The van der Waals surface area contributed by atoms with Crippen LogP contribution in [0.25, 0.3) is 0 Å². The lowest BCUT2D eigenvalue weighted by Gasteiger charge is -2.21. The summed E-state index contributed by atoms with van der Waals surface area (Å²) in [7, 11) is -3.65. The molecule has 3 fully saturated rings. The molecule has 6 atom stereocenters. The zero-order valence-electron chi connectivity index (χ0n) is 8.92. The molecular formula is C8H10O8S2. The summed E-state index contributed by atoms with van der Waals surface area (Å²) < 4.78 is 57.4. The van der Waals surface area contributed by atoms with Crippen LogP contribution in [0.1, 0.15) is 6.42 Å². The highest BCUT2D eigenvalue weighted by molar-refractivity contribution is 7.87. The van der Waals surface area contributed by atoms with Crippen LogP contribution in [0.2, 0.25) is 0 Å². The van der Waals surface area contributed by atoms with Crippen LogP contribution in [-0.4, -0.2) is 58.6 Å². The Morgan fingerprint density at radius 1 is 1.44 bits per heavy atom. The minimum Gasteiger partial charge on any atom is -0.456 e. The van der Waals surface area contributed by atoms with Crippen molar-refractivity contribution in [3.8, 4) is 0 Å². The molecule has 0 radical (unpaired) electrons. The van der Waals surface area contributed by atoms with Crippen molar-refractivity contribution in [2.75, 3.05) is 5.75 Å². The smallest absolute Gasteiger partial charge is 0.321 e. The van der Waals surface area contributed by atoms with E-state index in [-0.39, 0.29) is 6.42 Å². The second kappa shape index (κ2) is 3.97. The average Bonchev–Trinajstić information content (AvgIpc) is 2.80. The Morgan fingerprint density at radius 3 is 2.83 bits per heavy atom. The van der Waals surface area contributed by atoms with E-state index in [9.17, 15) is 17.4 Å². The first-order chi connectivity index (χ1) is 8.38. The van der Waals surface area contributed by atoms with Gasteiger partial charge in [0.1, 0.15) is 23.2 Å². The maximum atomic E-state index is 11.6. The van der Waals surface area contributed by atoms with Crippen LogP contribution in [0.3, 0.4) is 0 Å². The van der Waals surface area contributed by atoms with Crippen molar-refractivity contribution in [1.29, 1.82) is 0 Å². The Morgan fingerprint density at radius 2 is 2.17 bits per heavy atom. The Kier molecular flexibility index (Phi) is 2.75. The molecule has 0 spiro atoms. The molecule has 0 aromatic carbocycles. The lowest BCUT2D eigenvalue weighted by atomic mass is 9.94. The van der Waals surface area contributed by atoms with Crippen molar-refractivity contribution >= 4 is 27.2 Å². The number of ether oxygens (including phenoxy) is 2. The van der Waals surface area contributed by atoms with Gasteiger partial charge in [-0.25, -0.2) is 4.21 Å². The van der Waals surface area contributed by atoms with Gasteiger partial charge < -0.3 is 14.0 Å². The molecule has 18 heavy (non-hydrogen) atoms. The summed E-state index contributed by atoms with van der Waals surface area (Å²) in [6, 6.07) is 0. The van der Waals surface area contributed by atoms with Gasteiger partial charge in [-0.2, -0.15) is 8.42 Å². The van der Waals surface area contributed by atoms with Crippen molar-refractivity contribution in [2.24, 2.45) is 0 Å². The third-order valence-electron chi connectivity index (χ3n) is 3.30. The minimum atomic E-state index is -3.65. The van der Waals surface area contributed by atoms with E-state index in [4.69, 9.17) is 18.2 Å². The van der Waals surface area contributed by atoms with E-state index in [2.05, 4.69) is 0 Å². The summed E-state index contributed by atoms with van der Waals surface area (Å²) in [4.78, 5) is 11.3. The Bertz CT molecular complexity index is 513. The third kappa shape index (κ3) is 1.79. The van der Waals surface area contributed by atoms with Crippen molar-refractivity contribution in [2.45, 2.75) is 36.1 Å². The molecule has 0 amide bonds. The topological polar surface area (TPSA) is 116 Å². The lowest BCUT2D eigenvalue weighted by molar-refractivity contribution is -0.151. The van der Waals surface area contributed by atoms with Crippen molar-refractivity contribution in [3.05, 3.63) is 0 Å². The second-order valence-corrected chi connectivity index (χ2v) is 7.10. The molecule has 0 saturated carbocycles. The molecule has 3 rings (SSSR count). The van der Waals surface area contributed by atoms with Crippen LogP contribution >= 0.6 is 0 Å². The van der Waals surface area contributed by atoms with E-state index >= 15 is 0 Å². The van der Waals surface area contributed by atoms with E-state index in [1.54, 1.807) is 0 Å². The van der Waals surface area contributed by atoms with Gasteiger partial charge in [-0.3, -0.25) is 8.98 Å². The molecule has 0 aromatic heterocycles. The summed E-state index contributed by atoms with van der Waals surface area (Å²) in [5.74, 6) is -1.53. The van der Waals surface area contributed by atoms with E-state index in [1.807, 2.05) is 0 Å². The molecule has 2 bridgehead atoms. The minimum absolute atomic E-state index is 0.226. The maximum Gasteiger partial charge on any atom is 0.321 e. The van der Waals surface area contributed by atoms with Crippen molar-refractivity contribution in [3.63, 3.8) is 0 Å². The normalized spacial score (nSPS) is 45.1. The molecule has 3 aliphatic heterocycles. The van der Waals surface area contributed by atoms with Crippen LogP contribution in [-0.2, 0) is 39.6 Å².